The molecule has 0 aliphatic rings. The fourth-order valence-electron chi connectivity index (χ4n) is 2.90. The second kappa shape index (κ2) is 6.11. The average Bonchev–Trinajstić information content (AvgIpc) is 3.05. The minimum Gasteiger partial charge on any atom is -0.392 e. The van der Waals surface area contributed by atoms with Crippen molar-refractivity contribution in [3.8, 4) is 22.4 Å². The fourth-order valence-corrected chi connectivity index (χ4v) is 2.90. The van der Waals surface area contributed by atoms with Crippen molar-refractivity contribution in [2.45, 2.75) is 6.61 Å². The van der Waals surface area contributed by atoms with Gasteiger partial charge in [-0.2, -0.15) is 0 Å². The van der Waals surface area contributed by atoms with Crippen molar-refractivity contribution in [2.75, 3.05) is 0 Å². The standard InChI is InChI=1S/C20H14F2N2O/c21-15-7-4-13(5-8-15)19-11-24-10-14(6-9-20(24)23-19)16-2-1-3-18(22)17(16)12-25/h1-11,25H,12H2. The minimum atomic E-state index is -0.433. The summed E-state index contributed by atoms with van der Waals surface area (Å²) in [5.74, 6) is -0.727. The Kier molecular flexibility index (Phi) is 3.78. The maximum Gasteiger partial charge on any atom is 0.137 e. The number of aliphatic hydroxyl groups excluding tert-OH is 1. The Hall–Kier alpha value is -3.05. The van der Waals surface area contributed by atoms with Gasteiger partial charge < -0.3 is 9.51 Å². The third-order valence-electron chi connectivity index (χ3n) is 4.18. The lowest BCUT2D eigenvalue weighted by Gasteiger charge is -2.09. The van der Waals surface area contributed by atoms with Crippen LogP contribution in [0.5, 0.6) is 0 Å². The van der Waals surface area contributed by atoms with E-state index in [1.807, 2.05) is 28.9 Å². The van der Waals surface area contributed by atoms with Crippen molar-refractivity contribution >= 4 is 5.65 Å². The van der Waals surface area contributed by atoms with E-state index in [4.69, 9.17) is 0 Å². The summed E-state index contributed by atoms with van der Waals surface area (Å²) in [4.78, 5) is 4.52. The van der Waals surface area contributed by atoms with Crippen molar-refractivity contribution in [1.29, 1.82) is 0 Å². The molecule has 4 aromatic rings. The summed E-state index contributed by atoms with van der Waals surface area (Å²) < 4.78 is 28.8. The minimum absolute atomic E-state index is 0.265. The smallest absolute Gasteiger partial charge is 0.137 e. The first-order chi connectivity index (χ1) is 12.2. The molecule has 2 aromatic heterocycles. The first kappa shape index (κ1) is 15.5. The summed E-state index contributed by atoms with van der Waals surface area (Å²) in [7, 11) is 0. The van der Waals surface area contributed by atoms with Gasteiger partial charge in [0.25, 0.3) is 0 Å². The predicted molar refractivity (Wildman–Crippen MR) is 91.9 cm³/mol. The highest BCUT2D eigenvalue weighted by atomic mass is 19.1. The Morgan fingerprint density at radius 3 is 2.40 bits per heavy atom. The van der Waals surface area contributed by atoms with Gasteiger partial charge >= 0.3 is 0 Å². The van der Waals surface area contributed by atoms with Crippen LogP contribution in [0.15, 0.2) is 67.0 Å². The zero-order valence-corrected chi connectivity index (χ0v) is 13.2. The summed E-state index contributed by atoms with van der Waals surface area (Å²) in [5, 5.41) is 9.46. The topological polar surface area (TPSA) is 37.5 Å². The van der Waals surface area contributed by atoms with E-state index < -0.39 is 5.82 Å². The molecule has 0 aliphatic carbocycles. The number of nitrogens with zero attached hydrogens (tertiary/aromatic N) is 2. The third-order valence-corrected chi connectivity index (χ3v) is 4.18. The van der Waals surface area contributed by atoms with Gasteiger partial charge in [-0.1, -0.05) is 12.1 Å². The number of hydrogen-bond donors (Lipinski definition) is 1. The Balaban J connectivity index is 1.81. The number of halogens is 2. The molecule has 0 saturated heterocycles. The predicted octanol–water partition coefficient (Wildman–Crippen LogP) is 4.44. The van der Waals surface area contributed by atoms with Crippen LogP contribution in [-0.4, -0.2) is 14.5 Å². The van der Waals surface area contributed by atoms with E-state index in [0.29, 0.717) is 5.56 Å². The zero-order valence-electron chi connectivity index (χ0n) is 13.2. The first-order valence-electron chi connectivity index (χ1n) is 7.79. The highest BCUT2D eigenvalue weighted by Crippen LogP contribution is 2.27. The van der Waals surface area contributed by atoms with E-state index in [1.54, 1.807) is 24.3 Å². The Morgan fingerprint density at radius 2 is 1.64 bits per heavy atom. The second-order valence-corrected chi connectivity index (χ2v) is 5.74. The van der Waals surface area contributed by atoms with Gasteiger partial charge in [-0.3, -0.25) is 0 Å². The van der Waals surface area contributed by atoms with Crippen LogP contribution in [0.1, 0.15) is 5.56 Å². The number of benzene rings is 2. The lowest BCUT2D eigenvalue weighted by molar-refractivity contribution is 0.276. The molecule has 0 amide bonds. The van der Waals surface area contributed by atoms with E-state index in [-0.39, 0.29) is 18.0 Å². The number of fused-ring (bicyclic) bond motifs is 1. The summed E-state index contributed by atoms with van der Waals surface area (Å²) in [5.41, 5.74) is 3.94. The lowest BCUT2D eigenvalue weighted by Crippen LogP contribution is -1.95. The SMILES string of the molecule is OCc1c(F)cccc1-c1ccc2nc(-c3ccc(F)cc3)cn2c1. The molecule has 0 unspecified atom stereocenters. The molecule has 25 heavy (non-hydrogen) atoms. The molecule has 0 atom stereocenters. The molecular weight excluding hydrogens is 322 g/mol. The lowest BCUT2D eigenvalue weighted by atomic mass is 10.0. The van der Waals surface area contributed by atoms with Crippen molar-refractivity contribution in [3.05, 3.63) is 84.2 Å². The van der Waals surface area contributed by atoms with Crippen LogP contribution in [0, 0.1) is 11.6 Å². The number of imidazole rings is 1. The average molecular weight is 336 g/mol. The van der Waals surface area contributed by atoms with E-state index in [9.17, 15) is 13.9 Å². The molecule has 2 heterocycles. The zero-order chi connectivity index (χ0) is 17.4. The molecule has 0 saturated carbocycles. The van der Waals surface area contributed by atoms with Crippen LogP contribution < -0.4 is 0 Å². The normalized spacial score (nSPS) is 11.2. The molecule has 0 radical (unpaired) electrons. The van der Waals surface area contributed by atoms with Crippen LogP contribution in [0.4, 0.5) is 8.78 Å². The maximum absolute atomic E-state index is 13.9. The summed E-state index contributed by atoms with van der Waals surface area (Å²) in [6, 6.07) is 14.5. The monoisotopic (exact) mass is 336 g/mol. The molecule has 5 heteroatoms. The van der Waals surface area contributed by atoms with Crippen LogP contribution in [0.2, 0.25) is 0 Å². The van der Waals surface area contributed by atoms with Gasteiger partial charge in [-0.15, -0.1) is 0 Å². The van der Waals surface area contributed by atoms with Crippen molar-refractivity contribution in [3.63, 3.8) is 0 Å². The largest absolute Gasteiger partial charge is 0.392 e. The number of aliphatic hydroxyl groups is 1. The molecule has 3 nitrogen and oxygen atoms in total. The highest BCUT2D eigenvalue weighted by molar-refractivity contribution is 5.70. The van der Waals surface area contributed by atoms with E-state index in [0.717, 1.165) is 22.5 Å². The molecular formula is C20H14F2N2O. The summed E-state index contributed by atoms with van der Waals surface area (Å²) in [6.45, 7) is -0.370. The Labute approximate surface area is 142 Å². The van der Waals surface area contributed by atoms with E-state index >= 15 is 0 Å². The first-order valence-corrected chi connectivity index (χ1v) is 7.79. The van der Waals surface area contributed by atoms with Crippen LogP contribution >= 0.6 is 0 Å². The molecule has 0 spiro atoms. The van der Waals surface area contributed by atoms with Crippen LogP contribution in [0.3, 0.4) is 0 Å². The molecule has 124 valence electrons. The van der Waals surface area contributed by atoms with E-state index in [1.165, 1.54) is 18.2 Å². The van der Waals surface area contributed by atoms with E-state index in [2.05, 4.69) is 4.98 Å². The van der Waals surface area contributed by atoms with Gasteiger partial charge in [0, 0.05) is 23.5 Å². The molecule has 2 aromatic carbocycles. The van der Waals surface area contributed by atoms with Crippen LogP contribution in [0.25, 0.3) is 28.0 Å². The number of aromatic nitrogens is 2. The van der Waals surface area contributed by atoms with Crippen molar-refractivity contribution in [1.82, 2.24) is 9.38 Å². The molecule has 0 fully saturated rings. The Morgan fingerprint density at radius 1 is 0.880 bits per heavy atom. The van der Waals surface area contributed by atoms with Gasteiger partial charge in [-0.25, -0.2) is 13.8 Å². The summed E-state index contributed by atoms with van der Waals surface area (Å²) in [6.07, 6.45) is 3.67. The third kappa shape index (κ3) is 2.79. The fraction of sp³-hybridized carbons (Fsp3) is 0.0500. The van der Waals surface area contributed by atoms with Gasteiger partial charge in [0.1, 0.15) is 17.3 Å². The molecule has 1 N–H and O–H groups in total. The number of pyridine rings is 1. The second-order valence-electron chi connectivity index (χ2n) is 5.74. The van der Waals surface area contributed by atoms with Gasteiger partial charge in [0.2, 0.25) is 0 Å². The number of hydrogen-bond acceptors (Lipinski definition) is 2. The van der Waals surface area contributed by atoms with Crippen molar-refractivity contribution in [2.24, 2.45) is 0 Å². The highest BCUT2D eigenvalue weighted by Gasteiger charge is 2.11. The Bertz CT molecular complexity index is 1060. The quantitative estimate of drug-likeness (QED) is 0.601. The van der Waals surface area contributed by atoms with Crippen molar-refractivity contribution < 1.29 is 13.9 Å². The summed E-state index contributed by atoms with van der Waals surface area (Å²) >= 11 is 0. The van der Waals surface area contributed by atoms with Gasteiger partial charge in [0.05, 0.1) is 12.3 Å². The van der Waals surface area contributed by atoms with Gasteiger partial charge in [-0.05, 0) is 53.6 Å². The molecule has 0 bridgehead atoms. The maximum atomic E-state index is 13.9. The van der Waals surface area contributed by atoms with Gasteiger partial charge in [0.15, 0.2) is 0 Å². The van der Waals surface area contributed by atoms with Crippen LogP contribution in [-0.2, 0) is 6.61 Å². The molecule has 4 rings (SSSR count). The number of rotatable bonds is 3. The molecule has 0 aliphatic heterocycles.